The van der Waals surface area contributed by atoms with Crippen molar-refractivity contribution in [1.82, 2.24) is 9.55 Å². The van der Waals surface area contributed by atoms with Crippen LogP contribution in [0.1, 0.15) is 39.8 Å². The number of ketones is 1. The first-order chi connectivity index (χ1) is 20.0. The van der Waals surface area contributed by atoms with E-state index in [0.29, 0.717) is 35.6 Å². The lowest BCUT2D eigenvalue weighted by Crippen LogP contribution is -2.17. The van der Waals surface area contributed by atoms with Crippen molar-refractivity contribution in [1.29, 1.82) is 0 Å². The molecule has 1 aromatic heterocycles. The minimum atomic E-state index is -0.945. The summed E-state index contributed by atoms with van der Waals surface area (Å²) < 4.78 is 7.99. The van der Waals surface area contributed by atoms with Crippen LogP contribution in [-0.2, 0) is 18.3 Å². The Morgan fingerprint density at radius 2 is 1.54 bits per heavy atom. The fourth-order valence-electron chi connectivity index (χ4n) is 4.71. The highest BCUT2D eigenvalue weighted by molar-refractivity contribution is 6.12. The van der Waals surface area contributed by atoms with Gasteiger partial charge in [-0.05, 0) is 29.8 Å². The summed E-state index contributed by atoms with van der Waals surface area (Å²) in [6, 6.07) is 33.1. The van der Waals surface area contributed by atoms with Gasteiger partial charge in [-0.2, -0.15) is 0 Å². The molecular formula is C34H31N3O4. The number of hydrogen-bond donors (Lipinski definition) is 2. The Balaban J connectivity index is 1.25. The van der Waals surface area contributed by atoms with Crippen molar-refractivity contribution in [3.8, 4) is 17.0 Å². The molecule has 0 saturated carbocycles. The Morgan fingerprint density at radius 1 is 0.878 bits per heavy atom. The molecule has 2 N–H and O–H groups in total. The number of carbonyl (C=O) groups is 2. The Bertz CT molecular complexity index is 1610. The molecule has 4 aromatic carbocycles. The van der Waals surface area contributed by atoms with Crippen molar-refractivity contribution in [3.05, 3.63) is 138 Å². The number of imidazole rings is 1. The van der Waals surface area contributed by atoms with Crippen molar-refractivity contribution in [2.24, 2.45) is 7.05 Å². The fraction of sp³-hybridized carbons (Fsp3) is 0.147. The van der Waals surface area contributed by atoms with Gasteiger partial charge in [0.1, 0.15) is 11.6 Å². The van der Waals surface area contributed by atoms with E-state index in [-0.39, 0.29) is 12.2 Å². The van der Waals surface area contributed by atoms with Crippen LogP contribution < -0.4 is 10.1 Å². The van der Waals surface area contributed by atoms with E-state index in [0.717, 1.165) is 22.6 Å². The third-order valence-corrected chi connectivity index (χ3v) is 6.84. The zero-order valence-electron chi connectivity index (χ0n) is 22.7. The molecule has 1 atom stereocenters. The number of ether oxygens (including phenoxy) is 1. The van der Waals surface area contributed by atoms with Gasteiger partial charge in [0.05, 0.1) is 24.8 Å². The van der Waals surface area contributed by atoms with Crippen molar-refractivity contribution in [2.45, 2.75) is 18.9 Å². The molecule has 7 heteroatoms. The number of nitrogens with zero attached hydrogens (tertiary/aromatic N) is 2. The average molecular weight is 546 g/mol. The van der Waals surface area contributed by atoms with E-state index in [9.17, 15) is 14.7 Å². The maximum atomic E-state index is 13.2. The predicted octanol–water partition coefficient (Wildman–Crippen LogP) is 6.57. The molecule has 5 rings (SSSR count). The van der Waals surface area contributed by atoms with Gasteiger partial charge in [0.2, 0.25) is 0 Å². The number of aryl methyl sites for hydroxylation is 1. The van der Waals surface area contributed by atoms with Gasteiger partial charge in [0, 0.05) is 42.0 Å². The van der Waals surface area contributed by atoms with Crippen LogP contribution in [0.25, 0.3) is 11.3 Å². The molecule has 206 valence electrons. The summed E-state index contributed by atoms with van der Waals surface area (Å²) in [7, 11) is 1.98. The van der Waals surface area contributed by atoms with Gasteiger partial charge >= 0.3 is 5.97 Å². The highest BCUT2D eigenvalue weighted by Crippen LogP contribution is 2.28. The summed E-state index contributed by atoms with van der Waals surface area (Å²) in [6.07, 6.45) is 2.50. The minimum absolute atomic E-state index is 0.130. The van der Waals surface area contributed by atoms with Gasteiger partial charge < -0.3 is 19.7 Å². The second kappa shape index (κ2) is 12.8. The quantitative estimate of drug-likeness (QED) is 0.172. The van der Waals surface area contributed by atoms with E-state index >= 15 is 0 Å². The molecule has 41 heavy (non-hydrogen) atoms. The van der Waals surface area contributed by atoms with Gasteiger partial charge in [0.25, 0.3) is 0 Å². The fourth-order valence-corrected chi connectivity index (χ4v) is 4.71. The molecule has 0 aliphatic carbocycles. The molecule has 0 fully saturated rings. The van der Waals surface area contributed by atoms with Crippen molar-refractivity contribution < 1.29 is 19.4 Å². The summed E-state index contributed by atoms with van der Waals surface area (Å²) >= 11 is 0. The lowest BCUT2D eigenvalue weighted by atomic mass is 9.99. The predicted molar refractivity (Wildman–Crippen MR) is 159 cm³/mol. The van der Waals surface area contributed by atoms with Crippen LogP contribution in [0.4, 0.5) is 5.69 Å². The molecule has 0 aliphatic rings. The number of carbonyl (C=O) groups excluding carboxylic acids is 1. The Labute approximate surface area is 239 Å². The summed E-state index contributed by atoms with van der Waals surface area (Å²) in [6.45, 7) is 0.449. The van der Waals surface area contributed by atoms with Crippen molar-refractivity contribution in [3.63, 3.8) is 0 Å². The number of benzene rings is 4. The molecule has 1 unspecified atom stereocenters. The smallest absolute Gasteiger partial charge is 0.305 e. The average Bonchev–Trinajstić information content (AvgIpc) is 3.38. The molecule has 0 saturated heterocycles. The Kier molecular flexibility index (Phi) is 8.55. The highest BCUT2D eigenvalue weighted by atomic mass is 16.5. The summed E-state index contributed by atoms with van der Waals surface area (Å²) in [5.74, 6) is 0.532. The van der Waals surface area contributed by atoms with Gasteiger partial charge in [0.15, 0.2) is 5.78 Å². The number of para-hydroxylation sites is 1. The van der Waals surface area contributed by atoms with E-state index in [1.165, 1.54) is 0 Å². The normalized spacial score (nSPS) is 11.5. The van der Waals surface area contributed by atoms with Crippen LogP contribution in [0, 0.1) is 0 Å². The minimum Gasteiger partial charge on any atom is -0.493 e. The van der Waals surface area contributed by atoms with E-state index < -0.39 is 12.0 Å². The van der Waals surface area contributed by atoms with Gasteiger partial charge in [-0.3, -0.25) is 9.59 Å². The summed E-state index contributed by atoms with van der Waals surface area (Å²) in [5.41, 5.74) is 4.41. The van der Waals surface area contributed by atoms with Crippen LogP contribution >= 0.6 is 0 Å². The van der Waals surface area contributed by atoms with Gasteiger partial charge in [-0.15, -0.1) is 0 Å². The SMILES string of the molecule is Cn1cc(-c2ccccc2)nc1CCOc1ccc(C(CC(=O)O)Nc2ccccc2C(=O)c2ccccc2)cc1. The van der Waals surface area contributed by atoms with E-state index in [1.807, 2.05) is 96.7 Å². The number of hydrogen-bond acceptors (Lipinski definition) is 5. The van der Waals surface area contributed by atoms with Crippen LogP contribution in [0.5, 0.6) is 5.75 Å². The topological polar surface area (TPSA) is 93.5 Å². The standard InChI is InChI=1S/C34H31N3O4/c1-37-23-31(24-10-4-2-5-11-24)36-32(37)20-21-41-27-18-16-25(17-19-27)30(22-33(38)39)35-29-15-9-8-14-28(29)34(40)26-12-6-3-7-13-26/h2-19,23,30,35H,20-22H2,1H3,(H,38,39). The van der Waals surface area contributed by atoms with Gasteiger partial charge in [-0.25, -0.2) is 4.98 Å². The largest absolute Gasteiger partial charge is 0.493 e. The molecule has 1 heterocycles. The van der Waals surface area contributed by atoms with Crippen molar-refractivity contribution in [2.75, 3.05) is 11.9 Å². The summed E-state index contributed by atoms with van der Waals surface area (Å²) in [4.78, 5) is 29.7. The molecule has 7 nitrogen and oxygen atoms in total. The maximum absolute atomic E-state index is 13.2. The van der Waals surface area contributed by atoms with Gasteiger partial charge in [-0.1, -0.05) is 84.9 Å². The van der Waals surface area contributed by atoms with E-state index in [4.69, 9.17) is 9.72 Å². The number of aromatic nitrogens is 2. The number of aliphatic carboxylic acids is 1. The number of rotatable bonds is 12. The number of carboxylic acid groups (broad SMARTS) is 1. The molecule has 0 radical (unpaired) electrons. The monoisotopic (exact) mass is 545 g/mol. The number of nitrogens with one attached hydrogen (secondary N) is 1. The first-order valence-electron chi connectivity index (χ1n) is 13.5. The zero-order chi connectivity index (χ0) is 28.6. The Morgan fingerprint density at radius 3 is 2.24 bits per heavy atom. The first kappa shape index (κ1) is 27.4. The highest BCUT2D eigenvalue weighted by Gasteiger charge is 2.20. The second-order valence-corrected chi connectivity index (χ2v) is 9.72. The molecular weight excluding hydrogens is 514 g/mol. The Hall–Kier alpha value is -5.17. The molecule has 5 aromatic rings. The molecule has 0 spiro atoms. The molecule has 0 aliphatic heterocycles. The third-order valence-electron chi connectivity index (χ3n) is 6.84. The summed E-state index contributed by atoms with van der Waals surface area (Å²) in [5, 5.41) is 12.9. The molecule has 0 bridgehead atoms. The number of carboxylic acids is 1. The second-order valence-electron chi connectivity index (χ2n) is 9.72. The van der Waals surface area contributed by atoms with Crippen LogP contribution in [0.15, 0.2) is 115 Å². The number of anilines is 1. The first-order valence-corrected chi connectivity index (χ1v) is 13.5. The van der Waals surface area contributed by atoms with Crippen LogP contribution in [0.2, 0.25) is 0 Å². The molecule has 0 amide bonds. The zero-order valence-corrected chi connectivity index (χ0v) is 22.7. The van der Waals surface area contributed by atoms with E-state index in [2.05, 4.69) is 5.32 Å². The van der Waals surface area contributed by atoms with Crippen molar-refractivity contribution >= 4 is 17.4 Å². The third kappa shape index (κ3) is 6.89. The maximum Gasteiger partial charge on any atom is 0.305 e. The van der Waals surface area contributed by atoms with Crippen LogP contribution in [0.3, 0.4) is 0 Å². The van der Waals surface area contributed by atoms with E-state index in [1.54, 1.807) is 30.3 Å². The van der Waals surface area contributed by atoms with Crippen LogP contribution in [-0.4, -0.2) is 33.0 Å². The lowest BCUT2D eigenvalue weighted by molar-refractivity contribution is -0.137. The lowest BCUT2D eigenvalue weighted by Gasteiger charge is -2.21.